The van der Waals surface area contributed by atoms with E-state index in [1.807, 2.05) is 37.3 Å². The first-order valence-electron chi connectivity index (χ1n) is 6.86. The summed E-state index contributed by atoms with van der Waals surface area (Å²) in [6, 6.07) is 11.9. The van der Waals surface area contributed by atoms with Crippen LogP contribution in [0.15, 0.2) is 36.4 Å². The Morgan fingerprint density at radius 3 is 2.29 bits per heavy atom. The van der Waals surface area contributed by atoms with Gasteiger partial charge in [0.25, 0.3) is 0 Å². The molecule has 0 aliphatic heterocycles. The zero-order valence-corrected chi connectivity index (χ0v) is 12.9. The molecule has 0 radical (unpaired) electrons. The molecule has 0 saturated carbocycles. The first-order valence-corrected chi connectivity index (χ1v) is 6.86. The van der Waals surface area contributed by atoms with Gasteiger partial charge in [-0.25, -0.2) is 5.43 Å². The first-order chi connectivity index (χ1) is 10.1. The quantitative estimate of drug-likeness (QED) is 0.655. The largest absolute Gasteiger partial charge is 0.497 e. The number of nitrogens with two attached hydrogens (primary N) is 1. The Hall–Kier alpha value is -2.04. The Morgan fingerprint density at radius 1 is 0.952 bits per heavy atom. The highest BCUT2D eigenvalue weighted by atomic mass is 16.5. The molecule has 0 spiro atoms. The van der Waals surface area contributed by atoms with Crippen LogP contribution in [0.3, 0.4) is 0 Å². The molecule has 0 amide bonds. The third-order valence-corrected chi connectivity index (χ3v) is 3.65. The lowest BCUT2D eigenvalue weighted by Crippen LogP contribution is -2.29. The summed E-state index contributed by atoms with van der Waals surface area (Å²) < 4.78 is 10.7. The molecular weight excluding hydrogens is 264 g/mol. The predicted octanol–water partition coefficient (Wildman–Crippen LogP) is 2.87. The molecule has 21 heavy (non-hydrogen) atoms. The van der Waals surface area contributed by atoms with Gasteiger partial charge >= 0.3 is 0 Å². The van der Waals surface area contributed by atoms with Gasteiger partial charge in [-0.2, -0.15) is 0 Å². The van der Waals surface area contributed by atoms with Crippen LogP contribution in [0.5, 0.6) is 11.5 Å². The van der Waals surface area contributed by atoms with Crippen molar-refractivity contribution in [2.75, 3.05) is 14.2 Å². The van der Waals surface area contributed by atoms with Gasteiger partial charge in [0, 0.05) is 5.56 Å². The van der Waals surface area contributed by atoms with Crippen molar-refractivity contribution in [1.82, 2.24) is 5.43 Å². The molecule has 4 nitrogen and oxygen atoms in total. The number of ether oxygens (including phenoxy) is 2. The fourth-order valence-corrected chi connectivity index (χ4v) is 2.53. The molecule has 112 valence electrons. The topological polar surface area (TPSA) is 56.5 Å². The Kier molecular flexibility index (Phi) is 4.83. The zero-order valence-electron chi connectivity index (χ0n) is 12.9. The van der Waals surface area contributed by atoms with Crippen molar-refractivity contribution in [3.63, 3.8) is 0 Å². The van der Waals surface area contributed by atoms with Gasteiger partial charge in [0.15, 0.2) is 0 Å². The average molecular weight is 286 g/mol. The number of nitrogens with one attached hydrogen (secondary N) is 1. The molecule has 0 fully saturated rings. The fourth-order valence-electron chi connectivity index (χ4n) is 2.53. The van der Waals surface area contributed by atoms with Crippen LogP contribution in [0, 0.1) is 13.8 Å². The minimum atomic E-state index is -0.134. The van der Waals surface area contributed by atoms with E-state index in [2.05, 4.69) is 18.4 Å². The predicted molar refractivity (Wildman–Crippen MR) is 84.6 cm³/mol. The lowest BCUT2D eigenvalue weighted by molar-refractivity contribution is 0.403. The van der Waals surface area contributed by atoms with E-state index in [1.54, 1.807) is 14.2 Å². The smallest absolute Gasteiger partial charge is 0.124 e. The molecule has 2 aromatic rings. The van der Waals surface area contributed by atoms with Gasteiger partial charge in [0.2, 0.25) is 0 Å². The van der Waals surface area contributed by atoms with Gasteiger partial charge in [-0.3, -0.25) is 5.84 Å². The molecule has 1 atom stereocenters. The van der Waals surface area contributed by atoms with Crippen LogP contribution in [0.25, 0.3) is 0 Å². The molecule has 0 aromatic heterocycles. The summed E-state index contributed by atoms with van der Waals surface area (Å²) in [6.45, 7) is 4.10. The molecule has 4 heteroatoms. The van der Waals surface area contributed by atoms with E-state index in [0.29, 0.717) is 0 Å². The third-order valence-electron chi connectivity index (χ3n) is 3.65. The maximum Gasteiger partial charge on any atom is 0.124 e. The summed E-state index contributed by atoms with van der Waals surface area (Å²) in [5.74, 6) is 7.47. The summed E-state index contributed by atoms with van der Waals surface area (Å²) in [6.07, 6.45) is 0. The van der Waals surface area contributed by atoms with Crippen LogP contribution in [0.4, 0.5) is 0 Å². The molecule has 0 aliphatic carbocycles. The summed E-state index contributed by atoms with van der Waals surface area (Å²) in [7, 11) is 3.33. The maximum atomic E-state index is 5.81. The zero-order chi connectivity index (χ0) is 15.4. The molecular formula is C17H22N2O2. The van der Waals surface area contributed by atoms with E-state index in [1.165, 1.54) is 0 Å². The van der Waals surface area contributed by atoms with Crippen molar-refractivity contribution in [1.29, 1.82) is 0 Å². The molecule has 0 aliphatic rings. The van der Waals surface area contributed by atoms with Crippen LogP contribution in [0.1, 0.15) is 28.3 Å². The van der Waals surface area contributed by atoms with Crippen LogP contribution in [-0.4, -0.2) is 14.2 Å². The van der Waals surface area contributed by atoms with Crippen molar-refractivity contribution in [2.24, 2.45) is 5.84 Å². The number of benzene rings is 2. The molecule has 3 N–H and O–H groups in total. The van der Waals surface area contributed by atoms with Crippen molar-refractivity contribution >= 4 is 0 Å². The van der Waals surface area contributed by atoms with Gasteiger partial charge in [-0.05, 0) is 43.2 Å². The highest BCUT2D eigenvalue weighted by molar-refractivity contribution is 5.47. The van der Waals surface area contributed by atoms with Crippen LogP contribution in [-0.2, 0) is 0 Å². The van der Waals surface area contributed by atoms with Gasteiger partial charge in [-0.15, -0.1) is 0 Å². The highest BCUT2D eigenvalue weighted by Crippen LogP contribution is 2.33. The number of hydrogen-bond acceptors (Lipinski definition) is 4. The SMILES string of the molecule is COc1ccc(C(NN)c2cc(C)ccc2OC)c(C)c1. The van der Waals surface area contributed by atoms with Crippen molar-refractivity contribution in [3.05, 3.63) is 58.7 Å². The van der Waals surface area contributed by atoms with Gasteiger partial charge in [0.1, 0.15) is 11.5 Å². The Labute approximate surface area is 125 Å². The van der Waals surface area contributed by atoms with Gasteiger partial charge in [0.05, 0.1) is 20.3 Å². The van der Waals surface area contributed by atoms with E-state index in [9.17, 15) is 0 Å². The fraction of sp³-hybridized carbons (Fsp3) is 0.294. The standard InChI is InChI=1S/C17H22N2O2/c1-11-5-8-16(21-4)15(9-11)17(19-18)14-7-6-13(20-3)10-12(14)2/h5-10,17,19H,18H2,1-4H3. The minimum Gasteiger partial charge on any atom is -0.497 e. The lowest BCUT2D eigenvalue weighted by Gasteiger charge is -2.22. The van der Waals surface area contributed by atoms with Crippen molar-refractivity contribution in [2.45, 2.75) is 19.9 Å². The second-order valence-corrected chi connectivity index (χ2v) is 5.07. The highest BCUT2D eigenvalue weighted by Gasteiger charge is 2.19. The monoisotopic (exact) mass is 286 g/mol. The Balaban J connectivity index is 2.51. The Morgan fingerprint density at radius 2 is 1.71 bits per heavy atom. The molecule has 2 rings (SSSR count). The van der Waals surface area contributed by atoms with Crippen molar-refractivity contribution < 1.29 is 9.47 Å². The average Bonchev–Trinajstić information content (AvgIpc) is 2.49. The molecule has 0 heterocycles. The Bertz CT molecular complexity index is 626. The second kappa shape index (κ2) is 6.61. The summed E-state index contributed by atoms with van der Waals surface area (Å²) in [5, 5.41) is 0. The normalized spacial score (nSPS) is 12.0. The van der Waals surface area contributed by atoms with E-state index < -0.39 is 0 Å². The van der Waals surface area contributed by atoms with E-state index >= 15 is 0 Å². The number of hydrogen-bond donors (Lipinski definition) is 2. The van der Waals surface area contributed by atoms with Crippen LogP contribution < -0.4 is 20.7 Å². The second-order valence-electron chi connectivity index (χ2n) is 5.07. The third kappa shape index (κ3) is 3.17. The number of hydrazine groups is 1. The van der Waals surface area contributed by atoms with Crippen molar-refractivity contribution in [3.8, 4) is 11.5 Å². The molecule has 0 bridgehead atoms. The molecule has 2 aromatic carbocycles. The molecule has 0 saturated heterocycles. The van der Waals surface area contributed by atoms with E-state index in [0.717, 1.165) is 33.8 Å². The number of aryl methyl sites for hydroxylation is 2. The van der Waals surface area contributed by atoms with Crippen LogP contribution in [0.2, 0.25) is 0 Å². The summed E-state index contributed by atoms with van der Waals surface area (Å²) in [5.41, 5.74) is 7.29. The summed E-state index contributed by atoms with van der Waals surface area (Å²) in [4.78, 5) is 0. The van der Waals surface area contributed by atoms with Crippen LogP contribution >= 0.6 is 0 Å². The number of rotatable bonds is 5. The first kappa shape index (κ1) is 15.4. The lowest BCUT2D eigenvalue weighted by atomic mass is 9.93. The molecule has 1 unspecified atom stereocenters. The number of methoxy groups -OCH3 is 2. The van der Waals surface area contributed by atoms with E-state index in [-0.39, 0.29) is 6.04 Å². The maximum absolute atomic E-state index is 5.81. The summed E-state index contributed by atoms with van der Waals surface area (Å²) >= 11 is 0. The van der Waals surface area contributed by atoms with E-state index in [4.69, 9.17) is 15.3 Å². The van der Waals surface area contributed by atoms with Gasteiger partial charge < -0.3 is 9.47 Å². The minimum absolute atomic E-state index is 0.134. The van der Waals surface area contributed by atoms with Gasteiger partial charge in [-0.1, -0.05) is 23.8 Å².